The molecule has 0 bridgehead atoms. The number of aromatic nitrogens is 2. The van der Waals surface area contributed by atoms with Crippen molar-refractivity contribution in [2.75, 3.05) is 20.3 Å². The number of aliphatic hydroxyl groups is 1. The molecule has 0 aliphatic carbocycles. The molecular formula is C35H35FN2O5. The molecule has 0 amide bonds. The Hall–Kier alpha value is -4.40. The average molecular weight is 583 g/mol. The topological polar surface area (TPSA) is 75.0 Å². The lowest BCUT2D eigenvalue weighted by atomic mass is 9.96. The van der Waals surface area contributed by atoms with E-state index in [1.165, 1.54) is 7.11 Å². The standard InChI is InChI=1S/C35H35FN2O5/c1-34(2,39)25-15-16-27-28(17-25)38(35(3)21-41-22-35)33(37-27)26-18-29(40-4)31(42-19-23-11-7-5-8-12-23)32(30(26)36)43-20-24-13-9-6-10-14-24/h5-18,39H,19-22H2,1-4H3. The van der Waals surface area contributed by atoms with Crippen molar-refractivity contribution in [2.45, 2.75) is 45.1 Å². The van der Waals surface area contributed by atoms with Gasteiger partial charge in [-0.05, 0) is 55.7 Å². The van der Waals surface area contributed by atoms with Gasteiger partial charge in [-0.3, -0.25) is 0 Å². The number of nitrogens with zero attached hydrogens (tertiary/aromatic N) is 2. The molecule has 43 heavy (non-hydrogen) atoms. The van der Waals surface area contributed by atoms with Crippen LogP contribution in [0.15, 0.2) is 84.9 Å². The zero-order valence-corrected chi connectivity index (χ0v) is 24.8. The predicted molar refractivity (Wildman–Crippen MR) is 163 cm³/mol. The Morgan fingerprint density at radius 2 is 1.51 bits per heavy atom. The van der Waals surface area contributed by atoms with Crippen LogP contribution in [0.1, 0.15) is 37.5 Å². The van der Waals surface area contributed by atoms with Gasteiger partial charge >= 0.3 is 0 Å². The average Bonchev–Trinajstić information content (AvgIpc) is 3.38. The van der Waals surface area contributed by atoms with E-state index in [2.05, 4.69) is 6.92 Å². The molecule has 5 aromatic rings. The van der Waals surface area contributed by atoms with Gasteiger partial charge in [-0.25, -0.2) is 9.37 Å². The smallest absolute Gasteiger partial charge is 0.207 e. The van der Waals surface area contributed by atoms with E-state index in [1.54, 1.807) is 19.9 Å². The number of halogens is 1. The number of hydrogen-bond acceptors (Lipinski definition) is 6. The summed E-state index contributed by atoms with van der Waals surface area (Å²) in [6.45, 7) is 6.72. The van der Waals surface area contributed by atoms with Crippen molar-refractivity contribution in [1.82, 2.24) is 9.55 Å². The van der Waals surface area contributed by atoms with Gasteiger partial charge in [0.15, 0.2) is 11.6 Å². The molecule has 1 aliphatic heterocycles. The van der Waals surface area contributed by atoms with Crippen LogP contribution < -0.4 is 14.2 Å². The van der Waals surface area contributed by atoms with Gasteiger partial charge in [0.2, 0.25) is 11.5 Å². The van der Waals surface area contributed by atoms with Crippen molar-refractivity contribution in [2.24, 2.45) is 0 Å². The first-order valence-electron chi connectivity index (χ1n) is 14.3. The second kappa shape index (κ2) is 11.4. The van der Waals surface area contributed by atoms with E-state index >= 15 is 4.39 Å². The molecule has 8 heteroatoms. The molecule has 0 unspecified atom stereocenters. The van der Waals surface area contributed by atoms with Gasteiger partial charge < -0.3 is 28.6 Å². The molecule has 1 aliphatic rings. The second-order valence-corrected chi connectivity index (χ2v) is 11.7. The monoisotopic (exact) mass is 582 g/mol. The van der Waals surface area contributed by atoms with Crippen LogP contribution in [0.25, 0.3) is 22.4 Å². The molecule has 1 saturated heterocycles. The first-order chi connectivity index (χ1) is 20.7. The molecule has 222 valence electrons. The zero-order chi connectivity index (χ0) is 30.2. The number of hydrogen-bond donors (Lipinski definition) is 1. The van der Waals surface area contributed by atoms with Crippen molar-refractivity contribution < 1.29 is 28.4 Å². The summed E-state index contributed by atoms with van der Waals surface area (Å²) in [5, 5.41) is 10.7. The molecule has 6 rings (SSSR count). The highest BCUT2D eigenvalue weighted by molar-refractivity contribution is 5.83. The van der Waals surface area contributed by atoms with Crippen LogP contribution in [0, 0.1) is 5.82 Å². The van der Waals surface area contributed by atoms with E-state index < -0.39 is 17.0 Å². The van der Waals surface area contributed by atoms with E-state index in [9.17, 15) is 5.11 Å². The van der Waals surface area contributed by atoms with Gasteiger partial charge in [-0.1, -0.05) is 66.7 Å². The summed E-state index contributed by atoms with van der Waals surface area (Å²) in [4.78, 5) is 4.91. The van der Waals surface area contributed by atoms with Crippen LogP contribution in [0.3, 0.4) is 0 Å². The molecule has 4 aromatic carbocycles. The van der Waals surface area contributed by atoms with Crippen molar-refractivity contribution in [3.05, 3.63) is 107 Å². The molecule has 0 atom stereocenters. The summed E-state index contributed by atoms with van der Waals surface area (Å²) in [7, 11) is 1.52. The highest BCUT2D eigenvalue weighted by atomic mass is 19.1. The molecular weight excluding hydrogens is 547 g/mol. The molecule has 2 heterocycles. The largest absolute Gasteiger partial charge is 0.493 e. The molecule has 1 N–H and O–H groups in total. The summed E-state index contributed by atoms with van der Waals surface area (Å²) < 4.78 is 42.6. The molecule has 0 radical (unpaired) electrons. The van der Waals surface area contributed by atoms with E-state index in [-0.39, 0.29) is 30.3 Å². The Bertz CT molecular complexity index is 1740. The van der Waals surface area contributed by atoms with Crippen molar-refractivity contribution in [3.8, 4) is 28.6 Å². The number of rotatable bonds is 10. The Morgan fingerprint density at radius 1 is 0.907 bits per heavy atom. The highest BCUT2D eigenvalue weighted by Crippen LogP contribution is 2.47. The van der Waals surface area contributed by atoms with Crippen LogP contribution in [0.2, 0.25) is 0 Å². The third-order valence-corrected chi connectivity index (χ3v) is 7.78. The fourth-order valence-electron chi connectivity index (χ4n) is 5.34. The van der Waals surface area contributed by atoms with Gasteiger partial charge in [0.05, 0.1) is 48.1 Å². The number of imidazole rings is 1. The second-order valence-electron chi connectivity index (χ2n) is 11.7. The summed E-state index contributed by atoms with van der Waals surface area (Å²) >= 11 is 0. The lowest BCUT2D eigenvalue weighted by Gasteiger charge is -2.41. The summed E-state index contributed by atoms with van der Waals surface area (Å²) in [5.74, 6) is 0.237. The van der Waals surface area contributed by atoms with Crippen LogP contribution in [0.4, 0.5) is 4.39 Å². The maximum atomic E-state index is 16.9. The third-order valence-electron chi connectivity index (χ3n) is 7.78. The van der Waals surface area contributed by atoms with E-state index in [0.717, 1.165) is 22.2 Å². The number of fused-ring (bicyclic) bond motifs is 1. The minimum atomic E-state index is -1.06. The minimum absolute atomic E-state index is 0.0556. The third kappa shape index (κ3) is 5.56. The summed E-state index contributed by atoms with van der Waals surface area (Å²) in [5.41, 5.74) is 2.64. The molecule has 0 saturated carbocycles. The first kappa shape index (κ1) is 28.7. The lowest BCUT2D eigenvalue weighted by molar-refractivity contribution is -0.0868. The van der Waals surface area contributed by atoms with Gasteiger partial charge in [-0.15, -0.1) is 0 Å². The molecule has 1 fully saturated rings. The minimum Gasteiger partial charge on any atom is -0.493 e. The molecule has 0 spiro atoms. The summed E-state index contributed by atoms with van der Waals surface area (Å²) in [6, 6.07) is 26.4. The Balaban J connectivity index is 1.52. The van der Waals surface area contributed by atoms with Gasteiger partial charge in [0, 0.05) is 0 Å². The van der Waals surface area contributed by atoms with Gasteiger partial charge in [0.1, 0.15) is 19.0 Å². The van der Waals surface area contributed by atoms with Crippen molar-refractivity contribution in [1.29, 1.82) is 0 Å². The Labute approximate surface area is 250 Å². The number of benzene rings is 4. The SMILES string of the molecule is COc1cc(-c2nc3ccc(C(C)(C)O)cc3n2C2(C)COC2)c(F)c(OCc2ccccc2)c1OCc1ccccc1. The maximum absolute atomic E-state index is 16.9. The van der Waals surface area contributed by atoms with E-state index in [0.29, 0.717) is 30.3 Å². The highest BCUT2D eigenvalue weighted by Gasteiger charge is 2.40. The fourth-order valence-corrected chi connectivity index (χ4v) is 5.34. The Kier molecular flexibility index (Phi) is 7.58. The first-order valence-corrected chi connectivity index (χ1v) is 14.3. The van der Waals surface area contributed by atoms with Crippen LogP contribution in [-0.2, 0) is 29.1 Å². The van der Waals surface area contributed by atoms with Crippen LogP contribution in [0.5, 0.6) is 17.2 Å². The van der Waals surface area contributed by atoms with Crippen LogP contribution in [-0.4, -0.2) is 35.0 Å². The van der Waals surface area contributed by atoms with E-state index in [4.69, 9.17) is 23.9 Å². The maximum Gasteiger partial charge on any atom is 0.207 e. The lowest BCUT2D eigenvalue weighted by Crippen LogP contribution is -2.49. The molecule has 1 aromatic heterocycles. The quantitative estimate of drug-likeness (QED) is 0.192. The zero-order valence-electron chi connectivity index (χ0n) is 24.8. The van der Waals surface area contributed by atoms with E-state index in [1.807, 2.05) is 83.4 Å². The van der Waals surface area contributed by atoms with Gasteiger partial charge in [-0.2, -0.15) is 0 Å². The normalized spacial score (nSPS) is 14.4. The summed E-state index contributed by atoms with van der Waals surface area (Å²) in [6.07, 6.45) is 0. The van der Waals surface area contributed by atoms with Crippen molar-refractivity contribution >= 4 is 11.0 Å². The molecule has 7 nitrogen and oxygen atoms in total. The fraction of sp³-hybridized carbons (Fsp3) is 0.286. The van der Waals surface area contributed by atoms with Crippen molar-refractivity contribution in [3.63, 3.8) is 0 Å². The van der Waals surface area contributed by atoms with Gasteiger partial charge in [0.25, 0.3) is 0 Å². The van der Waals surface area contributed by atoms with Crippen LogP contribution >= 0.6 is 0 Å². The number of ether oxygens (including phenoxy) is 4. The Morgan fingerprint density at radius 3 is 2.05 bits per heavy atom. The predicted octanol–water partition coefficient (Wildman–Crippen LogP) is 6.98. The number of methoxy groups -OCH3 is 1.